The van der Waals surface area contributed by atoms with Crippen molar-refractivity contribution in [1.82, 2.24) is 15.2 Å². The Morgan fingerprint density at radius 3 is 2.92 bits per heavy atom. The molecule has 0 spiro atoms. The Labute approximate surface area is 157 Å². The summed E-state index contributed by atoms with van der Waals surface area (Å²) in [5, 5.41) is 4.26. The summed E-state index contributed by atoms with van der Waals surface area (Å²) in [7, 11) is 0. The van der Waals surface area contributed by atoms with Gasteiger partial charge in [-0.05, 0) is 36.2 Å². The van der Waals surface area contributed by atoms with Crippen LogP contribution in [0, 0.1) is 0 Å². The minimum Gasteiger partial charge on any atom is -0.431 e. The lowest BCUT2D eigenvalue weighted by Gasteiger charge is -2.27. The molecule has 2 aliphatic heterocycles. The Bertz CT molecular complexity index is 851. The van der Waals surface area contributed by atoms with Crippen LogP contribution in [-0.2, 0) is 6.54 Å². The van der Waals surface area contributed by atoms with Gasteiger partial charge >= 0.3 is 0 Å². The lowest BCUT2D eigenvalue weighted by atomic mass is 10.2. The van der Waals surface area contributed by atoms with Crippen molar-refractivity contribution >= 4 is 34.0 Å². The van der Waals surface area contributed by atoms with E-state index in [1.807, 2.05) is 24.3 Å². The number of benzene rings is 2. The third-order valence-corrected chi connectivity index (χ3v) is 5.85. The molecule has 0 unspecified atom stereocenters. The first kappa shape index (κ1) is 16.8. The number of rotatable bonds is 4. The van der Waals surface area contributed by atoms with E-state index in [2.05, 4.69) is 39.5 Å². The van der Waals surface area contributed by atoms with E-state index in [4.69, 9.17) is 4.74 Å². The number of piperazine rings is 1. The molecule has 0 amide bonds. The number of hydrogen-bond acceptors (Lipinski definition) is 5. The molecule has 1 aromatic heterocycles. The van der Waals surface area contributed by atoms with Crippen LogP contribution >= 0.6 is 23.7 Å². The van der Waals surface area contributed by atoms with Gasteiger partial charge in [-0.25, -0.2) is 4.98 Å². The molecule has 25 heavy (non-hydrogen) atoms. The molecular weight excluding hydrogens is 354 g/mol. The molecule has 2 fully saturated rings. The second-order valence-corrected chi connectivity index (χ2v) is 7.61. The number of fused-ring (bicyclic) bond motifs is 3. The maximum absolute atomic E-state index is 6.01. The third kappa shape index (κ3) is 3.37. The van der Waals surface area contributed by atoms with Crippen molar-refractivity contribution in [2.75, 3.05) is 13.1 Å². The molecule has 5 rings (SSSR count). The Kier molecular flexibility index (Phi) is 4.65. The monoisotopic (exact) mass is 373 g/mol. The molecule has 2 aromatic carbocycles. The SMILES string of the molecule is Cl.c1cc(CN2C[C@@H]3C[C@H]2CN3)cc(Oc2nc3ccccc3s2)c1. The fourth-order valence-corrected chi connectivity index (χ4v) is 4.61. The number of thiazole rings is 1. The quantitative estimate of drug-likeness (QED) is 0.748. The maximum atomic E-state index is 6.01. The fraction of sp³-hybridized carbons (Fsp3) is 0.316. The van der Waals surface area contributed by atoms with Crippen molar-refractivity contribution in [2.24, 2.45) is 0 Å². The molecule has 130 valence electrons. The molecule has 0 aliphatic carbocycles. The first-order valence-electron chi connectivity index (χ1n) is 8.43. The standard InChI is InChI=1S/C19H19N3OS.ClH/c1-2-7-18-17(6-1)21-19(24-18)23-16-5-3-4-13(8-16)11-22-12-14-9-15(22)10-20-14;/h1-8,14-15,20H,9-12H2;1H/t14-,15-;/m0./s1. The average Bonchev–Trinajstić information content (AvgIpc) is 3.29. The lowest BCUT2D eigenvalue weighted by Crippen LogP contribution is -2.42. The van der Waals surface area contributed by atoms with Crippen LogP contribution in [-0.4, -0.2) is 35.1 Å². The van der Waals surface area contributed by atoms with Crippen LogP contribution in [0.3, 0.4) is 0 Å². The number of nitrogens with zero attached hydrogens (tertiary/aromatic N) is 2. The van der Waals surface area contributed by atoms with Crippen molar-refractivity contribution in [2.45, 2.75) is 25.0 Å². The van der Waals surface area contributed by atoms with E-state index in [9.17, 15) is 0 Å². The molecule has 4 nitrogen and oxygen atoms in total. The van der Waals surface area contributed by atoms with Crippen molar-refractivity contribution in [3.63, 3.8) is 0 Å². The number of para-hydroxylation sites is 1. The molecule has 2 saturated heterocycles. The molecular formula is C19H20ClN3OS. The third-order valence-electron chi connectivity index (χ3n) is 4.93. The van der Waals surface area contributed by atoms with Crippen molar-refractivity contribution < 1.29 is 4.74 Å². The van der Waals surface area contributed by atoms with E-state index in [0.29, 0.717) is 17.3 Å². The Hall–Kier alpha value is -1.66. The van der Waals surface area contributed by atoms with E-state index in [0.717, 1.165) is 35.6 Å². The summed E-state index contributed by atoms with van der Waals surface area (Å²) < 4.78 is 7.16. The van der Waals surface area contributed by atoms with Gasteiger partial charge in [-0.2, -0.15) is 0 Å². The molecule has 2 bridgehead atoms. The molecule has 0 saturated carbocycles. The lowest BCUT2D eigenvalue weighted by molar-refractivity contribution is 0.217. The Morgan fingerprint density at radius 2 is 2.12 bits per heavy atom. The van der Waals surface area contributed by atoms with Crippen molar-refractivity contribution in [3.05, 3.63) is 54.1 Å². The minimum atomic E-state index is 0. The minimum absolute atomic E-state index is 0. The summed E-state index contributed by atoms with van der Waals surface area (Å²) in [4.78, 5) is 7.13. The number of hydrogen-bond donors (Lipinski definition) is 1. The summed E-state index contributed by atoms with van der Waals surface area (Å²) in [5.74, 6) is 0.869. The number of aromatic nitrogens is 1. The molecule has 3 aromatic rings. The Morgan fingerprint density at radius 1 is 1.20 bits per heavy atom. The van der Waals surface area contributed by atoms with Gasteiger partial charge in [0.1, 0.15) is 5.75 Å². The van der Waals surface area contributed by atoms with Gasteiger partial charge in [0.2, 0.25) is 0 Å². The second kappa shape index (κ2) is 6.92. The summed E-state index contributed by atoms with van der Waals surface area (Å²) in [6, 6.07) is 17.9. The highest BCUT2D eigenvalue weighted by atomic mass is 35.5. The molecule has 1 N–H and O–H groups in total. The first-order valence-corrected chi connectivity index (χ1v) is 9.25. The second-order valence-electron chi connectivity index (χ2n) is 6.62. The predicted octanol–water partition coefficient (Wildman–Crippen LogP) is 4.06. The van der Waals surface area contributed by atoms with E-state index < -0.39 is 0 Å². The van der Waals surface area contributed by atoms with Gasteiger partial charge in [-0.3, -0.25) is 4.90 Å². The number of halogens is 1. The molecule has 2 aliphatic rings. The molecule has 0 radical (unpaired) electrons. The number of likely N-dealkylation sites (tertiary alicyclic amines) is 1. The number of nitrogens with one attached hydrogen (secondary N) is 1. The summed E-state index contributed by atoms with van der Waals surface area (Å²) >= 11 is 1.59. The summed E-state index contributed by atoms with van der Waals surface area (Å²) in [5.41, 5.74) is 2.30. The van der Waals surface area contributed by atoms with E-state index >= 15 is 0 Å². The zero-order chi connectivity index (χ0) is 15.9. The predicted molar refractivity (Wildman–Crippen MR) is 104 cm³/mol. The van der Waals surface area contributed by atoms with Crippen molar-refractivity contribution in [3.8, 4) is 10.9 Å². The van der Waals surface area contributed by atoms with Gasteiger partial charge < -0.3 is 10.1 Å². The summed E-state index contributed by atoms with van der Waals surface area (Å²) in [6.07, 6.45) is 1.29. The zero-order valence-electron chi connectivity index (χ0n) is 13.7. The van der Waals surface area contributed by atoms with E-state index in [1.165, 1.54) is 12.0 Å². The summed E-state index contributed by atoms with van der Waals surface area (Å²) in [6.45, 7) is 3.29. The molecule has 2 atom stereocenters. The maximum Gasteiger partial charge on any atom is 0.279 e. The van der Waals surface area contributed by atoms with Crippen LogP contribution in [0.4, 0.5) is 0 Å². The highest BCUT2D eigenvalue weighted by molar-refractivity contribution is 7.20. The number of ether oxygens (including phenoxy) is 1. The molecule has 6 heteroatoms. The molecule has 3 heterocycles. The van der Waals surface area contributed by atoms with Crippen LogP contribution in [0.2, 0.25) is 0 Å². The smallest absolute Gasteiger partial charge is 0.279 e. The van der Waals surface area contributed by atoms with Gasteiger partial charge in [0.15, 0.2) is 0 Å². The van der Waals surface area contributed by atoms with Crippen LogP contribution in [0.25, 0.3) is 10.2 Å². The Balaban J connectivity index is 0.00000157. The zero-order valence-corrected chi connectivity index (χ0v) is 15.4. The fourth-order valence-electron chi connectivity index (χ4n) is 3.78. The average molecular weight is 374 g/mol. The first-order chi connectivity index (χ1) is 11.8. The van der Waals surface area contributed by atoms with Crippen LogP contribution in [0.1, 0.15) is 12.0 Å². The van der Waals surface area contributed by atoms with Gasteiger partial charge in [0.25, 0.3) is 5.19 Å². The van der Waals surface area contributed by atoms with Crippen LogP contribution < -0.4 is 10.1 Å². The van der Waals surface area contributed by atoms with Crippen molar-refractivity contribution in [1.29, 1.82) is 0 Å². The highest BCUT2D eigenvalue weighted by Gasteiger charge is 2.37. The largest absolute Gasteiger partial charge is 0.431 e. The van der Waals surface area contributed by atoms with Gasteiger partial charge in [0.05, 0.1) is 10.2 Å². The van der Waals surface area contributed by atoms with E-state index in [-0.39, 0.29) is 12.4 Å². The van der Waals surface area contributed by atoms with Gasteiger partial charge in [-0.15, -0.1) is 12.4 Å². The van der Waals surface area contributed by atoms with E-state index in [1.54, 1.807) is 11.3 Å². The van der Waals surface area contributed by atoms with Crippen LogP contribution in [0.5, 0.6) is 10.9 Å². The topological polar surface area (TPSA) is 37.4 Å². The van der Waals surface area contributed by atoms with Crippen LogP contribution in [0.15, 0.2) is 48.5 Å². The van der Waals surface area contributed by atoms with Gasteiger partial charge in [-0.1, -0.05) is 35.6 Å². The normalized spacial score (nSPS) is 22.2. The van der Waals surface area contributed by atoms with Gasteiger partial charge in [0, 0.05) is 31.7 Å². The highest BCUT2D eigenvalue weighted by Crippen LogP contribution is 2.32.